The lowest BCUT2D eigenvalue weighted by Crippen LogP contribution is -2.29. The van der Waals surface area contributed by atoms with Gasteiger partial charge in [0.05, 0.1) is 18.0 Å². The second-order valence-electron chi connectivity index (χ2n) is 4.95. The molecule has 5 heteroatoms. The van der Waals surface area contributed by atoms with Crippen LogP contribution in [0.2, 0.25) is 0 Å². The Bertz CT molecular complexity index is 666. The molecule has 5 nitrogen and oxygen atoms in total. The smallest absolute Gasteiger partial charge is 0.227 e. The first-order valence-corrected chi connectivity index (χ1v) is 6.56. The minimum absolute atomic E-state index is 0.0187. The molecule has 1 amide bonds. The third-order valence-electron chi connectivity index (χ3n) is 3.62. The summed E-state index contributed by atoms with van der Waals surface area (Å²) in [6, 6.07) is 8.96. The van der Waals surface area contributed by atoms with E-state index in [0.29, 0.717) is 5.56 Å². The summed E-state index contributed by atoms with van der Waals surface area (Å²) in [5.74, 6) is 0.0111. The number of hydrogen-bond acceptors (Lipinski definition) is 3. The molecular weight excluding hydrogens is 252 g/mol. The monoisotopic (exact) mass is 266 g/mol. The van der Waals surface area contributed by atoms with Gasteiger partial charge in [-0.3, -0.25) is 4.79 Å². The van der Waals surface area contributed by atoms with Crippen LogP contribution in [0.3, 0.4) is 0 Å². The summed E-state index contributed by atoms with van der Waals surface area (Å²) in [6.45, 7) is 0.834. The number of anilines is 1. The molecule has 1 unspecified atom stereocenters. The maximum atomic E-state index is 12.2. The lowest BCUT2D eigenvalue weighted by Gasteiger charge is -2.22. The average molecular weight is 266 g/mol. The number of nitriles is 1. The second kappa shape index (κ2) is 5.17. The highest BCUT2D eigenvalue weighted by molar-refractivity contribution is 5.92. The molecule has 0 radical (unpaired) electrons. The molecule has 1 aliphatic rings. The first-order chi connectivity index (χ1) is 9.76. The molecule has 2 heterocycles. The molecule has 20 heavy (non-hydrogen) atoms. The summed E-state index contributed by atoms with van der Waals surface area (Å²) in [4.78, 5) is 16.3. The predicted octanol–water partition coefficient (Wildman–Crippen LogP) is 1.96. The van der Waals surface area contributed by atoms with E-state index in [4.69, 9.17) is 5.26 Å². The molecule has 0 saturated heterocycles. The van der Waals surface area contributed by atoms with Gasteiger partial charge in [-0.1, -0.05) is 0 Å². The van der Waals surface area contributed by atoms with Crippen molar-refractivity contribution in [1.29, 1.82) is 5.26 Å². The number of nitrogens with one attached hydrogen (secondary N) is 1. The van der Waals surface area contributed by atoms with Crippen LogP contribution in [-0.4, -0.2) is 15.5 Å². The van der Waals surface area contributed by atoms with Gasteiger partial charge in [-0.05, 0) is 30.7 Å². The zero-order valence-electron chi connectivity index (χ0n) is 10.9. The van der Waals surface area contributed by atoms with E-state index in [1.54, 1.807) is 24.3 Å². The number of nitrogens with zero attached hydrogens (tertiary/aromatic N) is 3. The SMILES string of the molecule is N#Cc1ccc(NC(=O)C2CCn3cncc3C2)cc1. The summed E-state index contributed by atoms with van der Waals surface area (Å²) in [5.41, 5.74) is 2.42. The number of amides is 1. The Hall–Kier alpha value is -2.61. The number of aryl methyl sites for hydroxylation is 1. The molecule has 100 valence electrons. The third kappa shape index (κ3) is 2.41. The van der Waals surface area contributed by atoms with Crippen LogP contribution in [0.25, 0.3) is 0 Å². The molecule has 0 fully saturated rings. The first kappa shape index (κ1) is 12.4. The predicted molar refractivity (Wildman–Crippen MR) is 73.8 cm³/mol. The number of carbonyl (C=O) groups is 1. The number of rotatable bonds is 2. The van der Waals surface area contributed by atoms with Crippen LogP contribution in [0.5, 0.6) is 0 Å². The van der Waals surface area contributed by atoms with Crippen LogP contribution < -0.4 is 5.32 Å². The van der Waals surface area contributed by atoms with Crippen LogP contribution in [0.15, 0.2) is 36.8 Å². The average Bonchev–Trinajstić information content (AvgIpc) is 2.95. The Kier molecular flexibility index (Phi) is 3.21. The fourth-order valence-electron chi connectivity index (χ4n) is 2.47. The van der Waals surface area contributed by atoms with Gasteiger partial charge in [-0.25, -0.2) is 4.98 Å². The summed E-state index contributed by atoms with van der Waals surface area (Å²) in [7, 11) is 0. The van der Waals surface area contributed by atoms with E-state index in [0.717, 1.165) is 30.8 Å². The normalized spacial score (nSPS) is 17.1. The fraction of sp³-hybridized carbons (Fsp3) is 0.267. The van der Waals surface area contributed by atoms with Crippen molar-refractivity contribution in [3.8, 4) is 6.07 Å². The quantitative estimate of drug-likeness (QED) is 0.903. The zero-order chi connectivity index (χ0) is 13.9. The summed E-state index contributed by atoms with van der Waals surface area (Å²) in [6.07, 6.45) is 5.18. The molecular formula is C15H14N4O. The standard InChI is InChI=1S/C15H14N4O/c16-8-11-1-3-13(4-2-11)18-15(20)12-5-6-19-10-17-9-14(19)7-12/h1-4,9-10,12H,5-7H2,(H,18,20). The van der Waals surface area contributed by atoms with Gasteiger partial charge in [0.1, 0.15) is 0 Å². The van der Waals surface area contributed by atoms with Crippen LogP contribution in [0, 0.1) is 17.2 Å². The van der Waals surface area contributed by atoms with Crippen LogP contribution >= 0.6 is 0 Å². The Labute approximate surface area is 116 Å². The van der Waals surface area contributed by atoms with Gasteiger partial charge in [0.15, 0.2) is 0 Å². The van der Waals surface area contributed by atoms with Gasteiger partial charge < -0.3 is 9.88 Å². The molecule has 0 aliphatic carbocycles. The van der Waals surface area contributed by atoms with E-state index in [2.05, 4.69) is 20.9 Å². The number of benzene rings is 1. The van der Waals surface area contributed by atoms with Gasteiger partial charge in [0.2, 0.25) is 5.91 Å². The largest absolute Gasteiger partial charge is 0.335 e. The maximum absolute atomic E-state index is 12.2. The van der Waals surface area contributed by atoms with Crippen molar-refractivity contribution in [2.24, 2.45) is 5.92 Å². The molecule has 1 N–H and O–H groups in total. The molecule has 3 rings (SSSR count). The lowest BCUT2D eigenvalue weighted by molar-refractivity contribution is -0.120. The Balaban J connectivity index is 1.66. The highest BCUT2D eigenvalue weighted by Gasteiger charge is 2.24. The summed E-state index contributed by atoms with van der Waals surface area (Å²) < 4.78 is 2.09. The van der Waals surface area contributed by atoms with Crippen molar-refractivity contribution in [2.45, 2.75) is 19.4 Å². The van der Waals surface area contributed by atoms with Gasteiger partial charge >= 0.3 is 0 Å². The molecule has 1 aliphatic heterocycles. The zero-order valence-corrected chi connectivity index (χ0v) is 10.9. The van der Waals surface area contributed by atoms with Crippen molar-refractivity contribution < 1.29 is 4.79 Å². The number of carbonyl (C=O) groups excluding carboxylic acids is 1. The van der Waals surface area contributed by atoms with E-state index in [1.807, 2.05) is 12.5 Å². The fourth-order valence-corrected chi connectivity index (χ4v) is 2.47. The van der Waals surface area contributed by atoms with Crippen LogP contribution in [0.1, 0.15) is 17.7 Å². The Morgan fingerprint density at radius 3 is 2.95 bits per heavy atom. The lowest BCUT2D eigenvalue weighted by atomic mass is 9.95. The Morgan fingerprint density at radius 1 is 1.40 bits per heavy atom. The molecule has 0 saturated carbocycles. The summed E-state index contributed by atoms with van der Waals surface area (Å²) >= 11 is 0. The van der Waals surface area contributed by atoms with E-state index in [1.165, 1.54) is 0 Å². The number of fused-ring (bicyclic) bond motifs is 1. The van der Waals surface area contributed by atoms with Gasteiger partial charge in [0, 0.05) is 36.5 Å². The molecule has 1 atom stereocenters. The minimum atomic E-state index is -0.0187. The molecule has 2 aromatic rings. The molecule has 0 bridgehead atoms. The van der Waals surface area contributed by atoms with Crippen molar-refractivity contribution >= 4 is 11.6 Å². The number of imidazole rings is 1. The minimum Gasteiger partial charge on any atom is -0.335 e. The number of hydrogen-bond donors (Lipinski definition) is 1. The van der Waals surface area contributed by atoms with Crippen molar-refractivity contribution in [3.05, 3.63) is 48.0 Å². The van der Waals surface area contributed by atoms with Crippen molar-refractivity contribution in [2.75, 3.05) is 5.32 Å². The van der Waals surface area contributed by atoms with Gasteiger partial charge in [0.25, 0.3) is 0 Å². The number of aromatic nitrogens is 2. The van der Waals surface area contributed by atoms with Crippen molar-refractivity contribution in [3.63, 3.8) is 0 Å². The maximum Gasteiger partial charge on any atom is 0.227 e. The van der Waals surface area contributed by atoms with Crippen LogP contribution in [-0.2, 0) is 17.8 Å². The Morgan fingerprint density at radius 2 is 2.20 bits per heavy atom. The van der Waals surface area contributed by atoms with Gasteiger partial charge in [-0.15, -0.1) is 0 Å². The highest BCUT2D eigenvalue weighted by atomic mass is 16.1. The van der Waals surface area contributed by atoms with E-state index >= 15 is 0 Å². The summed E-state index contributed by atoms with van der Waals surface area (Å²) in [5, 5.41) is 11.6. The second-order valence-corrected chi connectivity index (χ2v) is 4.95. The molecule has 1 aromatic heterocycles. The molecule has 1 aromatic carbocycles. The van der Waals surface area contributed by atoms with E-state index in [-0.39, 0.29) is 11.8 Å². The van der Waals surface area contributed by atoms with E-state index in [9.17, 15) is 4.79 Å². The third-order valence-corrected chi connectivity index (χ3v) is 3.62. The van der Waals surface area contributed by atoms with Crippen molar-refractivity contribution in [1.82, 2.24) is 9.55 Å². The highest BCUT2D eigenvalue weighted by Crippen LogP contribution is 2.21. The first-order valence-electron chi connectivity index (χ1n) is 6.56. The van der Waals surface area contributed by atoms with Gasteiger partial charge in [-0.2, -0.15) is 5.26 Å². The topological polar surface area (TPSA) is 70.7 Å². The molecule has 0 spiro atoms. The van der Waals surface area contributed by atoms with E-state index < -0.39 is 0 Å². The van der Waals surface area contributed by atoms with Crippen LogP contribution in [0.4, 0.5) is 5.69 Å².